The number of nitriles is 1. The first-order chi connectivity index (χ1) is 7.40. The van der Waals surface area contributed by atoms with Gasteiger partial charge in [-0.2, -0.15) is 5.26 Å². The summed E-state index contributed by atoms with van der Waals surface area (Å²) in [6.45, 7) is 0.734. The van der Waals surface area contributed by atoms with Crippen LogP contribution in [0.2, 0.25) is 0 Å². The molecule has 4 heteroatoms. The second-order valence-electron chi connectivity index (χ2n) is 2.94. The molecule has 0 fully saturated rings. The third-order valence-electron chi connectivity index (χ3n) is 1.95. The van der Waals surface area contributed by atoms with Crippen molar-refractivity contribution in [3.05, 3.63) is 46.4 Å². The molecule has 0 saturated heterocycles. The monoisotopic (exact) mass is 215 g/mol. The Kier molecular flexibility index (Phi) is 2.96. The van der Waals surface area contributed by atoms with E-state index >= 15 is 0 Å². The van der Waals surface area contributed by atoms with E-state index in [4.69, 9.17) is 5.26 Å². The smallest absolute Gasteiger partial charge is 0.163 e. The van der Waals surface area contributed by atoms with Crippen LogP contribution in [0.3, 0.4) is 0 Å². The Balaban J connectivity index is 2.08. The molecule has 0 bridgehead atoms. The summed E-state index contributed by atoms with van der Waals surface area (Å²) in [5.74, 6) is 0. The summed E-state index contributed by atoms with van der Waals surface area (Å²) in [6.07, 6.45) is 1.62. The predicted molar refractivity (Wildman–Crippen MR) is 60.6 cm³/mol. The number of thiophene rings is 1. The van der Waals surface area contributed by atoms with Crippen molar-refractivity contribution in [2.45, 2.75) is 6.54 Å². The van der Waals surface area contributed by atoms with E-state index in [1.165, 1.54) is 4.88 Å². The highest BCUT2D eigenvalue weighted by Gasteiger charge is 2.01. The average molecular weight is 215 g/mol. The molecular formula is C11H9N3S. The summed E-state index contributed by atoms with van der Waals surface area (Å²) >= 11 is 1.69. The molecule has 0 atom stereocenters. The minimum absolute atomic E-state index is 0.439. The van der Waals surface area contributed by atoms with Crippen LogP contribution in [0.15, 0.2) is 35.8 Å². The lowest BCUT2D eigenvalue weighted by atomic mass is 10.3. The minimum Gasteiger partial charge on any atom is -0.378 e. The molecule has 0 aromatic carbocycles. The number of nitrogens with one attached hydrogen (secondary N) is 1. The lowest BCUT2D eigenvalue weighted by Gasteiger charge is -2.05. The van der Waals surface area contributed by atoms with Gasteiger partial charge in [0.2, 0.25) is 0 Å². The Morgan fingerprint density at radius 1 is 1.40 bits per heavy atom. The third-order valence-corrected chi connectivity index (χ3v) is 2.82. The number of nitrogens with zero attached hydrogens (tertiary/aromatic N) is 2. The normalized spacial score (nSPS) is 9.53. The lowest BCUT2D eigenvalue weighted by molar-refractivity contribution is 1.16. The highest BCUT2D eigenvalue weighted by Crippen LogP contribution is 2.14. The van der Waals surface area contributed by atoms with Gasteiger partial charge >= 0.3 is 0 Å². The molecule has 0 aliphatic carbocycles. The van der Waals surface area contributed by atoms with E-state index in [2.05, 4.69) is 22.4 Å². The molecule has 2 aromatic heterocycles. The zero-order valence-electron chi connectivity index (χ0n) is 7.97. The SMILES string of the molecule is N#Cc1ncccc1NCc1cccs1. The standard InChI is InChI=1S/C11H9N3S/c12-7-11-10(4-1-5-13-11)14-8-9-3-2-6-15-9/h1-6,14H,8H2. The molecule has 2 heterocycles. The molecule has 0 spiro atoms. The fourth-order valence-electron chi connectivity index (χ4n) is 1.23. The van der Waals surface area contributed by atoms with Gasteiger partial charge in [0.15, 0.2) is 5.69 Å². The van der Waals surface area contributed by atoms with Crippen LogP contribution in [0.4, 0.5) is 5.69 Å². The van der Waals surface area contributed by atoms with Crippen molar-refractivity contribution < 1.29 is 0 Å². The van der Waals surface area contributed by atoms with E-state index < -0.39 is 0 Å². The highest BCUT2D eigenvalue weighted by atomic mass is 32.1. The first-order valence-electron chi connectivity index (χ1n) is 4.51. The van der Waals surface area contributed by atoms with Crippen LogP contribution < -0.4 is 5.32 Å². The van der Waals surface area contributed by atoms with Crippen LogP contribution in [-0.4, -0.2) is 4.98 Å². The number of hydrogen-bond acceptors (Lipinski definition) is 4. The number of pyridine rings is 1. The van der Waals surface area contributed by atoms with E-state index in [1.54, 1.807) is 17.5 Å². The maximum Gasteiger partial charge on any atom is 0.163 e. The van der Waals surface area contributed by atoms with Crippen molar-refractivity contribution in [1.82, 2.24) is 4.98 Å². The number of hydrogen-bond donors (Lipinski definition) is 1. The summed E-state index contributed by atoms with van der Waals surface area (Å²) < 4.78 is 0. The average Bonchev–Trinajstić information content (AvgIpc) is 2.79. The van der Waals surface area contributed by atoms with Crippen molar-refractivity contribution in [2.24, 2.45) is 0 Å². The maximum absolute atomic E-state index is 8.83. The molecule has 2 aromatic rings. The molecule has 0 aliphatic rings. The van der Waals surface area contributed by atoms with Crippen LogP contribution in [0.1, 0.15) is 10.6 Å². The zero-order valence-corrected chi connectivity index (χ0v) is 8.79. The molecule has 0 unspecified atom stereocenters. The molecule has 0 saturated carbocycles. The second kappa shape index (κ2) is 4.58. The Bertz CT molecular complexity index is 471. The first-order valence-corrected chi connectivity index (χ1v) is 5.39. The Morgan fingerprint density at radius 2 is 2.33 bits per heavy atom. The van der Waals surface area contributed by atoms with Crippen molar-refractivity contribution in [2.75, 3.05) is 5.32 Å². The van der Waals surface area contributed by atoms with E-state index in [0.29, 0.717) is 5.69 Å². The molecule has 0 amide bonds. The molecular weight excluding hydrogens is 206 g/mol. The Hall–Kier alpha value is -1.86. The van der Waals surface area contributed by atoms with E-state index in [9.17, 15) is 0 Å². The van der Waals surface area contributed by atoms with Crippen LogP contribution in [0.5, 0.6) is 0 Å². The Morgan fingerprint density at radius 3 is 3.07 bits per heavy atom. The highest BCUT2D eigenvalue weighted by molar-refractivity contribution is 7.09. The van der Waals surface area contributed by atoms with Crippen LogP contribution >= 0.6 is 11.3 Å². The van der Waals surface area contributed by atoms with Crippen LogP contribution in [0.25, 0.3) is 0 Å². The Labute approximate surface area is 92.0 Å². The molecule has 3 nitrogen and oxygen atoms in total. The quantitative estimate of drug-likeness (QED) is 0.856. The van der Waals surface area contributed by atoms with Gasteiger partial charge in [-0.1, -0.05) is 6.07 Å². The summed E-state index contributed by atoms with van der Waals surface area (Å²) in [5, 5.41) is 14.1. The topological polar surface area (TPSA) is 48.7 Å². The predicted octanol–water partition coefficient (Wildman–Crippen LogP) is 2.63. The molecule has 74 valence electrons. The van der Waals surface area contributed by atoms with Crippen molar-refractivity contribution >= 4 is 17.0 Å². The number of rotatable bonds is 3. The summed E-state index contributed by atoms with van der Waals surface area (Å²) in [7, 11) is 0. The lowest BCUT2D eigenvalue weighted by Crippen LogP contribution is -2.00. The van der Waals surface area contributed by atoms with Crippen molar-refractivity contribution in [1.29, 1.82) is 5.26 Å². The second-order valence-corrected chi connectivity index (χ2v) is 3.98. The van der Waals surface area contributed by atoms with Crippen LogP contribution in [-0.2, 0) is 6.54 Å². The van der Waals surface area contributed by atoms with E-state index in [0.717, 1.165) is 12.2 Å². The van der Waals surface area contributed by atoms with Gasteiger partial charge in [0, 0.05) is 17.6 Å². The van der Waals surface area contributed by atoms with Gasteiger partial charge in [0.25, 0.3) is 0 Å². The number of aromatic nitrogens is 1. The molecule has 2 rings (SSSR count). The fourth-order valence-corrected chi connectivity index (χ4v) is 1.88. The van der Waals surface area contributed by atoms with Crippen molar-refractivity contribution in [3.63, 3.8) is 0 Å². The van der Waals surface area contributed by atoms with Gasteiger partial charge in [-0.15, -0.1) is 11.3 Å². The molecule has 15 heavy (non-hydrogen) atoms. The largest absolute Gasteiger partial charge is 0.378 e. The maximum atomic E-state index is 8.83. The van der Waals surface area contributed by atoms with Gasteiger partial charge < -0.3 is 5.32 Å². The molecule has 0 aliphatic heterocycles. The number of anilines is 1. The summed E-state index contributed by atoms with van der Waals surface area (Å²) in [6, 6.07) is 9.80. The first kappa shape index (κ1) is 9.69. The fraction of sp³-hybridized carbons (Fsp3) is 0.0909. The summed E-state index contributed by atoms with van der Waals surface area (Å²) in [4.78, 5) is 5.22. The van der Waals surface area contributed by atoms with Gasteiger partial charge in [0.1, 0.15) is 6.07 Å². The van der Waals surface area contributed by atoms with E-state index in [-0.39, 0.29) is 0 Å². The van der Waals surface area contributed by atoms with Crippen molar-refractivity contribution in [3.8, 4) is 6.07 Å². The van der Waals surface area contributed by atoms with E-state index in [1.807, 2.05) is 23.6 Å². The molecule has 1 N–H and O–H groups in total. The summed E-state index contributed by atoms with van der Waals surface area (Å²) in [5.41, 5.74) is 1.22. The third kappa shape index (κ3) is 2.33. The molecule has 0 radical (unpaired) electrons. The minimum atomic E-state index is 0.439. The zero-order chi connectivity index (χ0) is 10.5. The van der Waals surface area contributed by atoms with Gasteiger partial charge in [-0.05, 0) is 23.6 Å². The van der Waals surface area contributed by atoms with Gasteiger partial charge in [0.05, 0.1) is 5.69 Å². The van der Waals surface area contributed by atoms with Gasteiger partial charge in [-0.3, -0.25) is 0 Å². The van der Waals surface area contributed by atoms with Gasteiger partial charge in [-0.25, -0.2) is 4.98 Å². The van der Waals surface area contributed by atoms with Crippen LogP contribution in [0, 0.1) is 11.3 Å².